The molecule has 2 aromatic carbocycles. The summed E-state index contributed by atoms with van der Waals surface area (Å²) in [4.78, 5) is 15.3. The Hall–Kier alpha value is -2.66. The van der Waals surface area contributed by atoms with Crippen LogP contribution in [0.25, 0.3) is 11.1 Å². The van der Waals surface area contributed by atoms with E-state index >= 15 is 0 Å². The number of aromatic amines is 1. The molecule has 0 fully saturated rings. The van der Waals surface area contributed by atoms with Gasteiger partial charge in [0.1, 0.15) is 0 Å². The van der Waals surface area contributed by atoms with Gasteiger partial charge in [-0.2, -0.15) is 0 Å². The lowest BCUT2D eigenvalue weighted by atomic mass is 10.0. The predicted molar refractivity (Wildman–Crippen MR) is 103 cm³/mol. The third kappa shape index (κ3) is 3.63. The summed E-state index contributed by atoms with van der Waals surface area (Å²) in [5, 5.41) is 0. The average molecular weight is 367 g/mol. The molecule has 0 aliphatic rings. The summed E-state index contributed by atoms with van der Waals surface area (Å²) in [6.45, 7) is 2.11. The summed E-state index contributed by atoms with van der Waals surface area (Å²) in [6.07, 6.45) is 4.44. The first-order valence-corrected chi connectivity index (χ1v) is 10.1. The molecule has 134 valence electrons. The van der Waals surface area contributed by atoms with Crippen molar-refractivity contribution in [3.63, 3.8) is 0 Å². The van der Waals surface area contributed by atoms with Gasteiger partial charge in [-0.05, 0) is 54.8 Å². The fourth-order valence-electron chi connectivity index (χ4n) is 2.92. The summed E-state index contributed by atoms with van der Waals surface area (Å²) >= 11 is 0. The fraction of sp³-hybridized carbons (Fsp3) is 0.190. The first-order chi connectivity index (χ1) is 12.5. The first-order valence-electron chi connectivity index (χ1n) is 8.65. The number of aryl methyl sites for hydroxylation is 1. The lowest BCUT2D eigenvalue weighted by molar-refractivity contribution is 0.596. The maximum Gasteiger partial charge on any atom is 0.255 e. The number of aromatic nitrogens is 1. The Morgan fingerprint density at radius 1 is 0.923 bits per heavy atom. The minimum Gasteiger partial charge on any atom is -0.329 e. The third-order valence-corrected chi connectivity index (χ3v) is 6.14. The van der Waals surface area contributed by atoms with Crippen LogP contribution in [-0.2, 0) is 16.3 Å². The normalized spacial score (nSPS) is 11.4. The molecule has 1 heterocycles. The van der Waals surface area contributed by atoms with E-state index in [1.165, 1.54) is 6.20 Å². The standard InChI is InChI=1S/C21H21NO3S/c1-2-3-8-16-12-13-20(26(24,25)17-9-5-4-6-10-17)19(15-16)18-11-7-14-22-21(18)23/h4-7,9-15H,2-3,8H2,1H3,(H,22,23). The molecule has 0 amide bonds. The van der Waals surface area contributed by atoms with Crippen molar-refractivity contribution in [3.8, 4) is 11.1 Å². The number of sulfone groups is 1. The van der Waals surface area contributed by atoms with Crippen molar-refractivity contribution in [1.82, 2.24) is 4.98 Å². The number of rotatable bonds is 6. The summed E-state index contributed by atoms with van der Waals surface area (Å²) in [6, 6.07) is 16.9. The lowest BCUT2D eigenvalue weighted by Gasteiger charge is -2.13. The molecule has 1 aromatic heterocycles. The van der Waals surface area contributed by atoms with Gasteiger partial charge < -0.3 is 4.98 Å². The van der Waals surface area contributed by atoms with Crippen molar-refractivity contribution >= 4 is 9.84 Å². The van der Waals surface area contributed by atoms with Crippen molar-refractivity contribution in [3.05, 3.63) is 82.8 Å². The van der Waals surface area contributed by atoms with Crippen molar-refractivity contribution < 1.29 is 8.42 Å². The smallest absolute Gasteiger partial charge is 0.255 e. The Labute approximate surface area is 153 Å². The number of pyridine rings is 1. The van der Waals surface area contributed by atoms with E-state index in [1.807, 2.05) is 12.1 Å². The van der Waals surface area contributed by atoms with Crippen LogP contribution in [0.5, 0.6) is 0 Å². The Bertz CT molecular complexity index is 1050. The summed E-state index contributed by atoms with van der Waals surface area (Å²) < 4.78 is 26.3. The highest BCUT2D eigenvalue weighted by Gasteiger charge is 2.23. The number of benzene rings is 2. The maximum atomic E-state index is 13.2. The second-order valence-electron chi connectivity index (χ2n) is 6.16. The molecule has 0 saturated carbocycles. The zero-order valence-electron chi connectivity index (χ0n) is 14.6. The Balaban J connectivity index is 2.22. The number of unbranched alkanes of at least 4 members (excludes halogenated alkanes) is 1. The van der Waals surface area contributed by atoms with Crippen LogP contribution in [0, 0.1) is 0 Å². The molecule has 0 unspecified atom stereocenters. The van der Waals surface area contributed by atoms with E-state index in [0.29, 0.717) is 11.1 Å². The average Bonchev–Trinajstić information content (AvgIpc) is 2.67. The SMILES string of the molecule is CCCCc1ccc(S(=O)(=O)c2ccccc2)c(-c2ccc[nH]c2=O)c1. The largest absolute Gasteiger partial charge is 0.329 e. The molecule has 4 nitrogen and oxygen atoms in total. The van der Waals surface area contributed by atoms with E-state index in [9.17, 15) is 13.2 Å². The monoisotopic (exact) mass is 367 g/mol. The first kappa shape index (κ1) is 18.1. The molecule has 5 heteroatoms. The molecular formula is C21H21NO3S. The van der Waals surface area contributed by atoms with Crippen LogP contribution in [0.15, 0.2) is 81.4 Å². The van der Waals surface area contributed by atoms with E-state index < -0.39 is 9.84 Å². The van der Waals surface area contributed by atoms with Crippen LogP contribution in [0.3, 0.4) is 0 Å². The molecule has 1 N–H and O–H groups in total. The van der Waals surface area contributed by atoms with Crippen molar-refractivity contribution in [2.75, 3.05) is 0 Å². The van der Waals surface area contributed by atoms with Crippen molar-refractivity contribution in [2.45, 2.75) is 36.0 Å². The molecule has 0 aliphatic heterocycles. The predicted octanol–water partition coefficient (Wildman–Crippen LogP) is 4.22. The lowest BCUT2D eigenvalue weighted by Crippen LogP contribution is -2.11. The molecule has 0 saturated heterocycles. The molecule has 0 radical (unpaired) electrons. The minimum atomic E-state index is -3.72. The highest BCUT2D eigenvalue weighted by molar-refractivity contribution is 7.91. The molecular weight excluding hydrogens is 346 g/mol. The topological polar surface area (TPSA) is 67.0 Å². The Kier molecular flexibility index (Phi) is 5.38. The molecule has 0 aliphatic carbocycles. The summed E-state index contributed by atoms with van der Waals surface area (Å²) in [5.41, 5.74) is 1.53. The van der Waals surface area contributed by atoms with Gasteiger partial charge >= 0.3 is 0 Å². The van der Waals surface area contributed by atoms with E-state index in [0.717, 1.165) is 24.8 Å². The summed E-state index contributed by atoms with van der Waals surface area (Å²) in [7, 11) is -3.72. The van der Waals surface area contributed by atoms with Gasteiger partial charge in [-0.15, -0.1) is 0 Å². The van der Waals surface area contributed by atoms with Crippen LogP contribution in [0.2, 0.25) is 0 Å². The Morgan fingerprint density at radius 3 is 2.38 bits per heavy atom. The molecule has 26 heavy (non-hydrogen) atoms. The van der Waals surface area contributed by atoms with Crippen molar-refractivity contribution in [1.29, 1.82) is 0 Å². The molecule has 0 atom stereocenters. The zero-order valence-corrected chi connectivity index (χ0v) is 15.4. The van der Waals surface area contributed by atoms with E-state index in [2.05, 4.69) is 11.9 Å². The highest BCUT2D eigenvalue weighted by atomic mass is 32.2. The Morgan fingerprint density at radius 2 is 1.69 bits per heavy atom. The van der Waals surface area contributed by atoms with Crippen LogP contribution in [0.4, 0.5) is 0 Å². The second-order valence-corrected chi connectivity index (χ2v) is 8.08. The van der Waals surface area contributed by atoms with Crippen LogP contribution < -0.4 is 5.56 Å². The highest BCUT2D eigenvalue weighted by Crippen LogP contribution is 2.31. The van der Waals surface area contributed by atoms with Gasteiger partial charge in [-0.3, -0.25) is 4.79 Å². The van der Waals surface area contributed by atoms with Gasteiger partial charge in [-0.25, -0.2) is 8.42 Å². The maximum absolute atomic E-state index is 13.2. The zero-order chi connectivity index (χ0) is 18.6. The number of nitrogens with one attached hydrogen (secondary N) is 1. The molecule has 3 aromatic rings. The van der Waals surface area contributed by atoms with Crippen molar-refractivity contribution in [2.24, 2.45) is 0 Å². The molecule has 3 rings (SSSR count). The van der Waals surface area contributed by atoms with Gasteiger partial charge in [-0.1, -0.05) is 37.6 Å². The van der Waals surface area contributed by atoms with E-state index in [-0.39, 0.29) is 15.4 Å². The van der Waals surface area contributed by atoms with Gasteiger partial charge in [0.15, 0.2) is 0 Å². The molecule has 0 bridgehead atoms. The molecule has 0 spiro atoms. The number of hydrogen-bond donors (Lipinski definition) is 1. The third-order valence-electron chi connectivity index (χ3n) is 4.31. The van der Waals surface area contributed by atoms with Gasteiger partial charge in [0.25, 0.3) is 5.56 Å². The minimum absolute atomic E-state index is 0.153. The van der Waals surface area contributed by atoms with Crippen LogP contribution in [-0.4, -0.2) is 13.4 Å². The summed E-state index contributed by atoms with van der Waals surface area (Å²) in [5.74, 6) is 0. The second kappa shape index (κ2) is 7.70. The fourth-order valence-corrected chi connectivity index (χ4v) is 4.39. The van der Waals surface area contributed by atoms with Gasteiger partial charge in [0, 0.05) is 17.3 Å². The number of hydrogen-bond acceptors (Lipinski definition) is 3. The van der Waals surface area contributed by atoms with E-state index in [1.54, 1.807) is 48.5 Å². The van der Waals surface area contributed by atoms with Crippen LogP contribution >= 0.6 is 0 Å². The van der Waals surface area contributed by atoms with Crippen LogP contribution in [0.1, 0.15) is 25.3 Å². The van der Waals surface area contributed by atoms with Gasteiger partial charge in [0.2, 0.25) is 9.84 Å². The van der Waals surface area contributed by atoms with E-state index in [4.69, 9.17) is 0 Å². The number of H-pyrrole nitrogens is 1. The van der Waals surface area contributed by atoms with Gasteiger partial charge in [0.05, 0.1) is 9.79 Å². The quantitative estimate of drug-likeness (QED) is 0.709.